The van der Waals surface area contributed by atoms with Crippen LogP contribution in [0, 0.1) is 5.92 Å². The Kier molecular flexibility index (Phi) is 6.09. The molecule has 3 heterocycles. The highest BCUT2D eigenvalue weighted by Gasteiger charge is 2.53. The molecule has 3 amide bonds. The van der Waals surface area contributed by atoms with Gasteiger partial charge in [0.15, 0.2) is 5.88 Å². The molecule has 36 heavy (non-hydrogen) atoms. The van der Waals surface area contributed by atoms with Gasteiger partial charge in [0.25, 0.3) is 5.91 Å². The minimum atomic E-state index is -3.73. The number of sulfonamides is 1. The van der Waals surface area contributed by atoms with E-state index < -0.39 is 27.5 Å². The van der Waals surface area contributed by atoms with Crippen LogP contribution in [-0.4, -0.2) is 60.1 Å². The Hall–Kier alpha value is -3.28. The van der Waals surface area contributed by atoms with Gasteiger partial charge in [-0.2, -0.15) is 4.31 Å². The lowest BCUT2D eigenvalue weighted by molar-refractivity contribution is -0.127. The van der Waals surface area contributed by atoms with Gasteiger partial charge in [-0.1, -0.05) is 11.6 Å². The van der Waals surface area contributed by atoms with Crippen molar-refractivity contribution in [2.24, 2.45) is 5.92 Å². The maximum atomic E-state index is 13.1. The summed E-state index contributed by atoms with van der Waals surface area (Å²) in [4.78, 5) is 25.5. The summed E-state index contributed by atoms with van der Waals surface area (Å²) in [5.74, 6) is -0.277. The average molecular weight is 533 g/mol. The van der Waals surface area contributed by atoms with Gasteiger partial charge in [-0.3, -0.25) is 10.1 Å². The summed E-state index contributed by atoms with van der Waals surface area (Å²) in [7, 11) is -2.18. The van der Waals surface area contributed by atoms with E-state index in [1.54, 1.807) is 31.5 Å². The third-order valence-electron chi connectivity index (χ3n) is 7.06. The number of fused-ring (bicyclic) bond motifs is 1. The number of halogens is 1. The van der Waals surface area contributed by atoms with E-state index in [1.807, 2.05) is 0 Å². The molecular formula is C24H25ClN4O6S. The number of aromatic nitrogens is 1. The molecule has 1 atom stereocenters. The highest BCUT2D eigenvalue weighted by atomic mass is 35.5. The Balaban J connectivity index is 1.41. The second-order valence-corrected chi connectivity index (χ2v) is 11.4. The molecule has 10 nitrogen and oxygen atoms in total. The van der Waals surface area contributed by atoms with Crippen LogP contribution in [0.15, 0.2) is 53.6 Å². The van der Waals surface area contributed by atoms with Gasteiger partial charge in [0, 0.05) is 35.1 Å². The molecule has 1 unspecified atom stereocenters. The number of nitrogens with zero attached hydrogens (tertiary/aromatic N) is 2. The molecule has 1 aromatic heterocycles. The van der Waals surface area contributed by atoms with E-state index in [9.17, 15) is 23.1 Å². The highest BCUT2D eigenvalue weighted by molar-refractivity contribution is 7.89. The van der Waals surface area contributed by atoms with Crippen LogP contribution >= 0.6 is 11.6 Å². The molecule has 2 aromatic carbocycles. The summed E-state index contributed by atoms with van der Waals surface area (Å²) < 4.78 is 34.4. The lowest BCUT2D eigenvalue weighted by Crippen LogP contribution is -2.58. The molecule has 2 saturated heterocycles. The van der Waals surface area contributed by atoms with Gasteiger partial charge in [0.2, 0.25) is 10.0 Å². The second kappa shape index (κ2) is 8.99. The normalized spacial score (nSPS) is 21.5. The maximum absolute atomic E-state index is 13.1. The fourth-order valence-corrected chi connectivity index (χ4v) is 6.72. The van der Waals surface area contributed by atoms with Crippen LogP contribution in [0.1, 0.15) is 12.8 Å². The first-order chi connectivity index (χ1) is 17.1. The minimum Gasteiger partial charge on any atom is -0.497 e. The number of methoxy groups -OCH3 is 1. The minimum absolute atomic E-state index is 0.0119. The summed E-state index contributed by atoms with van der Waals surface area (Å²) in [5, 5.41) is 17.7. The van der Waals surface area contributed by atoms with Gasteiger partial charge in [-0.25, -0.2) is 13.2 Å². The fourth-order valence-electron chi connectivity index (χ4n) is 5.13. The Morgan fingerprint density at radius 2 is 1.83 bits per heavy atom. The van der Waals surface area contributed by atoms with Crippen molar-refractivity contribution in [3.05, 3.63) is 53.7 Å². The van der Waals surface area contributed by atoms with E-state index in [4.69, 9.17) is 16.3 Å². The summed E-state index contributed by atoms with van der Waals surface area (Å²) in [5.41, 5.74) is -1.34. The lowest BCUT2D eigenvalue weighted by Gasteiger charge is -2.40. The number of nitrogens with one attached hydrogen (secondary N) is 2. The number of carbonyl (C=O) groups is 2. The number of hydrogen-bond acceptors (Lipinski definition) is 6. The van der Waals surface area contributed by atoms with Gasteiger partial charge in [0.05, 0.1) is 18.6 Å². The number of rotatable bonds is 6. The van der Waals surface area contributed by atoms with Crippen LogP contribution in [0.4, 0.5) is 4.79 Å². The fraction of sp³-hybridized carbons (Fsp3) is 0.333. The number of amides is 3. The molecule has 12 heteroatoms. The Morgan fingerprint density at radius 1 is 1.14 bits per heavy atom. The van der Waals surface area contributed by atoms with Crippen LogP contribution in [0.3, 0.4) is 0 Å². The van der Waals surface area contributed by atoms with Crippen molar-refractivity contribution in [3.8, 4) is 11.6 Å². The quantitative estimate of drug-likeness (QED) is 0.418. The Morgan fingerprint density at radius 3 is 2.44 bits per heavy atom. The third-order valence-corrected chi connectivity index (χ3v) is 9.22. The molecule has 3 N–H and O–H groups in total. The first-order valence-electron chi connectivity index (χ1n) is 11.4. The van der Waals surface area contributed by atoms with E-state index in [0.29, 0.717) is 29.0 Å². The van der Waals surface area contributed by atoms with E-state index in [1.165, 1.54) is 33.1 Å². The van der Waals surface area contributed by atoms with Crippen molar-refractivity contribution in [2.45, 2.75) is 29.8 Å². The number of urea groups is 1. The average Bonchev–Trinajstić information content (AvgIpc) is 3.33. The lowest BCUT2D eigenvalue weighted by atomic mass is 9.77. The summed E-state index contributed by atoms with van der Waals surface area (Å²) >= 11 is 5.89. The standard InChI is InChI=1S/C24H25ClN4O6S/c1-35-18-4-7-20-15(12-18)13-28(21(20)30)14-24(22(31)26-23(32)27-24)16-8-10-29(11-9-16)36(33,34)19-5-2-17(25)3-6-19/h2-7,12-13,16,30H,8-11,14H2,1H3,(H2,26,27,31,32). The number of ether oxygens (including phenoxy) is 1. The predicted octanol–water partition coefficient (Wildman–Crippen LogP) is 2.69. The summed E-state index contributed by atoms with van der Waals surface area (Å²) in [6.07, 6.45) is 2.39. The van der Waals surface area contributed by atoms with E-state index in [0.717, 1.165) is 5.39 Å². The monoisotopic (exact) mass is 532 g/mol. The number of piperidine rings is 1. The Bertz CT molecular complexity index is 1450. The molecule has 3 aromatic rings. The summed E-state index contributed by atoms with van der Waals surface area (Å²) in [6.45, 7) is 0.344. The zero-order valence-electron chi connectivity index (χ0n) is 19.4. The molecule has 5 rings (SSSR count). The Labute approximate surface area is 212 Å². The van der Waals surface area contributed by atoms with E-state index in [2.05, 4.69) is 10.6 Å². The first-order valence-corrected chi connectivity index (χ1v) is 13.2. The number of carbonyl (C=O) groups excluding carboxylic acids is 2. The molecule has 0 spiro atoms. The zero-order chi connectivity index (χ0) is 25.7. The van der Waals surface area contributed by atoms with Crippen molar-refractivity contribution in [2.75, 3.05) is 20.2 Å². The van der Waals surface area contributed by atoms with Gasteiger partial charge < -0.3 is 19.7 Å². The number of aromatic hydroxyl groups is 1. The molecule has 2 aliphatic heterocycles. The molecule has 0 aliphatic carbocycles. The van der Waals surface area contributed by atoms with Gasteiger partial charge in [-0.05, 0) is 61.2 Å². The molecule has 2 aliphatic rings. The predicted molar refractivity (Wildman–Crippen MR) is 132 cm³/mol. The molecule has 0 bridgehead atoms. The molecule has 0 radical (unpaired) electrons. The SMILES string of the molecule is COc1ccc2c(O)n(CC3(C4CCN(S(=O)(=O)c5ccc(Cl)cc5)CC4)NC(=O)NC3=O)cc2c1. The maximum Gasteiger partial charge on any atom is 0.322 e. The molecule has 190 valence electrons. The highest BCUT2D eigenvalue weighted by Crippen LogP contribution is 2.37. The van der Waals surface area contributed by atoms with E-state index >= 15 is 0 Å². The van der Waals surface area contributed by atoms with Gasteiger partial charge in [-0.15, -0.1) is 0 Å². The molecule has 0 saturated carbocycles. The summed E-state index contributed by atoms with van der Waals surface area (Å²) in [6, 6.07) is 10.6. The van der Waals surface area contributed by atoms with Crippen LogP contribution in [0.25, 0.3) is 10.8 Å². The van der Waals surface area contributed by atoms with Crippen molar-refractivity contribution >= 4 is 44.3 Å². The van der Waals surface area contributed by atoms with Crippen LogP contribution < -0.4 is 15.4 Å². The third kappa shape index (κ3) is 4.06. The van der Waals surface area contributed by atoms with Crippen LogP contribution in [-0.2, 0) is 21.4 Å². The van der Waals surface area contributed by atoms with Gasteiger partial charge >= 0.3 is 6.03 Å². The van der Waals surface area contributed by atoms with Crippen molar-refractivity contribution in [1.82, 2.24) is 19.5 Å². The van der Waals surface area contributed by atoms with Gasteiger partial charge in [0.1, 0.15) is 11.3 Å². The number of benzene rings is 2. The molecular weight excluding hydrogens is 508 g/mol. The van der Waals surface area contributed by atoms with Crippen molar-refractivity contribution in [1.29, 1.82) is 0 Å². The zero-order valence-corrected chi connectivity index (χ0v) is 21.0. The first kappa shape index (κ1) is 24.4. The molecule has 2 fully saturated rings. The van der Waals surface area contributed by atoms with Crippen molar-refractivity contribution < 1.29 is 27.9 Å². The van der Waals surface area contributed by atoms with E-state index in [-0.39, 0.29) is 36.3 Å². The van der Waals surface area contributed by atoms with Crippen LogP contribution in [0.5, 0.6) is 11.6 Å². The second-order valence-electron chi connectivity index (χ2n) is 9.05. The van der Waals surface area contributed by atoms with Crippen LogP contribution in [0.2, 0.25) is 5.02 Å². The topological polar surface area (TPSA) is 130 Å². The largest absolute Gasteiger partial charge is 0.497 e. The van der Waals surface area contributed by atoms with Crippen molar-refractivity contribution in [3.63, 3.8) is 0 Å². The number of hydrogen-bond donors (Lipinski definition) is 3. The number of imide groups is 1. The smallest absolute Gasteiger partial charge is 0.322 e.